The van der Waals surface area contributed by atoms with E-state index in [-0.39, 0.29) is 0 Å². The number of aromatic amines is 1. The average molecular weight is 238 g/mol. The summed E-state index contributed by atoms with van der Waals surface area (Å²) in [5.41, 5.74) is 7.22. The van der Waals surface area contributed by atoms with Crippen molar-refractivity contribution in [2.45, 2.75) is 6.42 Å². The molecular weight excluding hydrogens is 224 g/mol. The van der Waals surface area contributed by atoms with Gasteiger partial charge in [0.05, 0.1) is 17.8 Å². The Labute approximate surface area is 97.3 Å². The number of H-pyrrole nitrogens is 1. The molecule has 1 heterocycles. The second kappa shape index (κ2) is 4.92. The second-order valence-electron chi connectivity index (χ2n) is 3.60. The van der Waals surface area contributed by atoms with Crippen molar-refractivity contribution in [3.05, 3.63) is 22.7 Å². The van der Waals surface area contributed by atoms with Crippen LogP contribution in [0, 0.1) is 0 Å². The number of nitrogen functional groups attached to an aromatic ring is 1. The summed E-state index contributed by atoms with van der Waals surface area (Å²) >= 11 is 0. The Morgan fingerprint density at radius 1 is 1.41 bits per heavy atom. The van der Waals surface area contributed by atoms with Gasteiger partial charge in [0, 0.05) is 32.3 Å². The molecule has 3 N–H and O–H groups in total. The lowest BCUT2D eigenvalue weighted by Gasteiger charge is -2.08. The van der Waals surface area contributed by atoms with Gasteiger partial charge in [-0.1, -0.05) is 0 Å². The van der Waals surface area contributed by atoms with Gasteiger partial charge in [-0.3, -0.25) is 4.98 Å². The molecule has 0 fully saturated rings. The Bertz CT molecular complexity index is 558. The quantitative estimate of drug-likeness (QED) is 0.601. The fraction of sp³-hybridized carbons (Fsp3) is 0.364. The molecule has 0 radical (unpaired) electrons. The van der Waals surface area contributed by atoms with E-state index < -0.39 is 5.76 Å². The Morgan fingerprint density at radius 2 is 2.24 bits per heavy atom. The summed E-state index contributed by atoms with van der Waals surface area (Å²) in [6.07, 6.45) is 0.774. The molecule has 2 rings (SSSR count). The fourth-order valence-electron chi connectivity index (χ4n) is 1.50. The molecule has 6 nitrogen and oxygen atoms in total. The number of rotatable bonds is 5. The van der Waals surface area contributed by atoms with Gasteiger partial charge < -0.3 is 19.6 Å². The third-order valence-electron chi connectivity index (χ3n) is 2.30. The number of hydrogen-bond donors (Lipinski definition) is 2. The van der Waals surface area contributed by atoms with Crippen LogP contribution in [-0.2, 0) is 4.74 Å². The van der Waals surface area contributed by atoms with Gasteiger partial charge in [0.2, 0.25) is 0 Å². The van der Waals surface area contributed by atoms with E-state index in [1.807, 2.05) is 0 Å². The average Bonchev–Trinajstić information content (AvgIpc) is 2.63. The highest BCUT2D eigenvalue weighted by Gasteiger charge is 2.07. The molecule has 0 spiro atoms. The maximum Gasteiger partial charge on any atom is 0.417 e. The molecule has 0 atom stereocenters. The van der Waals surface area contributed by atoms with Gasteiger partial charge >= 0.3 is 5.76 Å². The Kier molecular flexibility index (Phi) is 3.34. The molecule has 17 heavy (non-hydrogen) atoms. The molecule has 0 bridgehead atoms. The maximum absolute atomic E-state index is 11.0. The van der Waals surface area contributed by atoms with E-state index in [1.54, 1.807) is 19.2 Å². The van der Waals surface area contributed by atoms with Crippen molar-refractivity contribution in [2.24, 2.45) is 0 Å². The van der Waals surface area contributed by atoms with E-state index in [9.17, 15) is 4.79 Å². The maximum atomic E-state index is 11.0. The first-order chi connectivity index (χ1) is 8.20. The topological polar surface area (TPSA) is 90.5 Å². The molecule has 1 aromatic carbocycles. The predicted octanol–water partition coefficient (Wildman–Crippen LogP) is 1.12. The zero-order valence-electron chi connectivity index (χ0n) is 9.49. The van der Waals surface area contributed by atoms with Crippen LogP contribution in [0.2, 0.25) is 0 Å². The number of benzene rings is 1. The molecule has 2 aromatic rings. The molecule has 0 unspecified atom stereocenters. The van der Waals surface area contributed by atoms with E-state index in [1.165, 1.54) is 0 Å². The number of anilines is 1. The van der Waals surface area contributed by atoms with Gasteiger partial charge in [0.25, 0.3) is 0 Å². The number of methoxy groups -OCH3 is 1. The van der Waals surface area contributed by atoms with E-state index in [0.29, 0.717) is 35.8 Å². The van der Waals surface area contributed by atoms with Crippen LogP contribution < -0.4 is 16.2 Å². The largest absolute Gasteiger partial charge is 0.491 e. The number of aromatic nitrogens is 1. The Balaban J connectivity index is 2.16. The van der Waals surface area contributed by atoms with Crippen molar-refractivity contribution in [1.29, 1.82) is 0 Å². The summed E-state index contributed by atoms with van der Waals surface area (Å²) in [6.45, 7) is 1.14. The summed E-state index contributed by atoms with van der Waals surface area (Å²) in [4.78, 5) is 13.5. The van der Waals surface area contributed by atoms with Crippen molar-refractivity contribution >= 4 is 16.8 Å². The standard InChI is InChI=1S/C11H14N2O4/c1-15-3-2-4-16-9-6-8-10(5-7(9)12)17-11(14)13-8/h5-6H,2-4,12H2,1H3,(H,13,14). The zero-order valence-corrected chi connectivity index (χ0v) is 9.49. The summed E-state index contributed by atoms with van der Waals surface area (Å²) in [5.74, 6) is 0.0292. The minimum atomic E-state index is -0.504. The number of ether oxygens (including phenoxy) is 2. The van der Waals surface area contributed by atoms with Crippen molar-refractivity contribution in [3.8, 4) is 5.75 Å². The van der Waals surface area contributed by atoms with E-state index >= 15 is 0 Å². The van der Waals surface area contributed by atoms with E-state index in [4.69, 9.17) is 19.6 Å². The molecule has 92 valence electrons. The van der Waals surface area contributed by atoms with Gasteiger partial charge in [0.1, 0.15) is 5.75 Å². The van der Waals surface area contributed by atoms with E-state index in [0.717, 1.165) is 6.42 Å². The normalized spacial score (nSPS) is 10.9. The highest BCUT2D eigenvalue weighted by Crippen LogP contribution is 2.26. The highest BCUT2D eigenvalue weighted by molar-refractivity contribution is 5.80. The zero-order chi connectivity index (χ0) is 12.3. The van der Waals surface area contributed by atoms with Crippen LogP contribution in [0.25, 0.3) is 11.1 Å². The van der Waals surface area contributed by atoms with Crippen molar-refractivity contribution < 1.29 is 13.9 Å². The lowest BCUT2D eigenvalue weighted by Crippen LogP contribution is -2.03. The smallest absolute Gasteiger partial charge is 0.417 e. The Morgan fingerprint density at radius 3 is 3.00 bits per heavy atom. The summed E-state index contributed by atoms with van der Waals surface area (Å²) < 4.78 is 15.3. The molecule has 0 aliphatic heterocycles. The van der Waals surface area contributed by atoms with Gasteiger partial charge in [-0.25, -0.2) is 4.79 Å². The summed E-state index contributed by atoms with van der Waals surface area (Å²) in [6, 6.07) is 3.22. The first kappa shape index (κ1) is 11.5. The molecule has 0 aliphatic rings. The molecule has 6 heteroatoms. The molecular formula is C11H14N2O4. The van der Waals surface area contributed by atoms with Gasteiger partial charge in [-0.15, -0.1) is 0 Å². The van der Waals surface area contributed by atoms with Crippen LogP contribution in [0.4, 0.5) is 5.69 Å². The SMILES string of the molecule is COCCCOc1cc2[nH]c(=O)oc2cc1N. The Hall–Kier alpha value is -1.95. The first-order valence-electron chi connectivity index (χ1n) is 5.25. The van der Waals surface area contributed by atoms with Crippen molar-refractivity contribution in [3.63, 3.8) is 0 Å². The minimum absolute atomic E-state index is 0.428. The molecule has 0 aliphatic carbocycles. The number of nitrogens with two attached hydrogens (primary N) is 1. The van der Waals surface area contributed by atoms with Gasteiger partial charge in [0.15, 0.2) is 5.58 Å². The first-order valence-corrected chi connectivity index (χ1v) is 5.25. The van der Waals surface area contributed by atoms with Crippen LogP contribution in [0.1, 0.15) is 6.42 Å². The minimum Gasteiger partial charge on any atom is -0.491 e. The van der Waals surface area contributed by atoms with Crippen LogP contribution in [-0.4, -0.2) is 25.3 Å². The number of oxazole rings is 1. The molecule has 0 saturated heterocycles. The second-order valence-corrected chi connectivity index (χ2v) is 3.60. The fourth-order valence-corrected chi connectivity index (χ4v) is 1.50. The number of fused-ring (bicyclic) bond motifs is 1. The highest BCUT2D eigenvalue weighted by atomic mass is 16.5. The van der Waals surface area contributed by atoms with E-state index in [2.05, 4.69) is 4.98 Å². The predicted molar refractivity (Wildman–Crippen MR) is 63.2 cm³/mol. The summed E-state index contributed by atoms with van der Waals surface area (Å²) in [5, 5.41) is 0. The third-order valence-corrected chi connectivity index (χ3v) is 2.30. The van der Waals surface area contributed by atoms with Crippen LogP contribution in [0.3, 0.4) is 0 Å². The van der Waals surface area contributed by atoms with Crippen molar-refractivity contribution in [1.82, 2.24) is 4.98 Å². The lowest BCUT2D eigenvalue weighted by atomic mass is 10.2. The van der Waals surface area contributed by atoms with Crippen LogP contribution >= 0.6 is 0 Å². The molecule has 0 amide bonds. The van der Waals surface area contributed by atoms with Gasteiger partial charge in [-0.05, 0) is 0 Å². The van der Waals surface area contributed by atoms with Crippen molar-refractivity contribution in [2.75, 3.05) is 26.1 Å². The third kappa shape index (κ3) is 2.59. The summed E-state index contributed by atoms with van der Waals surface area (Å²) in [7, 11) is 1.64. The molecule has 1 aromatic heterocycles. The lowest BCUT2D eigenvalue weighted by molar-refractivity contribution is 0.172. The molecule has 0 saturated carbocycles. The van der Waals surface area contributed by atoms with Crippen LogP contribution in [0.15, 0.2) is 21.3 Å². The number of hydrogen-bond acceptors (Lipinski definition) is 5. The monoisotopic (exact) mass is 238 g/mol. The van der Waals surface area contributed by atoms with Crippen LogP contribution in [0.5, 0.6) is 5.75 Å². The number of nitrogens with one attached hydrogen (secondary N) is 1. The van der Waals surface area contributed by atoms with Gasteiger partial charge in [-0.2, -0.15) is 0 Å².